The number of hydrogen-bond donors (Lipinski definition) is 0. The maximum absolute atomic E-state index is 6.90. The Hall–Kier alpha value is -8.54. The Bertz CT molecular complexity index is 3980. The van der Waals surface area contributed by atoms with E-state index in [2.05, 4.69) is 301 Å². The smallest absolute Gasteiger partial charge is 0.252 e. The van der Waals surface area contributed by atoms with Gasteiger partial charge in [0.25, 0.3) is 6.71 Å². The summed E-state index contributed by atoms with van der Waals surface area (Å²) in [5.74, 6) is 1.77. The lowest BCUT2D eigenvalue weighted by atomic mass is 9.33. The minimum absolute atomic E-state index is 0.00747. The van der Waals surface area contributed by atoms with Crippen LogP contribution in [0.1, 0.15) is 105 Å². The number of nitrogens with zero attached hydrogens (tertiary/aromatic N) is 3. The van der Waals surface area contributed by atoms with Gasteiger partial charge in [0.1, 0.15) is 11.5 Å². The van der Waals surface area contributed by atoms with Crippen molar-refractivity contribution in [2.45, 2.75) is 82.6 Å². The summed E-state index contributed by atoms with van der Waals surface area (Å²) in [4.78, 5) is 7.97. The summed E-state index contributed by atoms with van der Waals surface area (Å²) in [5, 5.41) is 0. The van der Waals surface area contributed by atoms with Crippen molar-refractivity contribution in [2.24, 2.45) is 0 Å². The van der Waals surface area contributed by atoms with Crippen molar-refractivity contribution in [3.8, 4) is 11.5 Å². The fourth-order valence-corrected chi connectivity index (χ4v) is 14.9. The van der Waals surface area contributed by atoms with Crippen LogP contribution in [0.3, 0.4) is 0 Å². The lowest BCUT2D eigenvalue weighted by Crippen LogP contribution is -2.64. The average Bonchev–Trinajstić information content (AvgIpc) is 2.28. The molecule has 0 bridgehead atoms. The number of para-hydroxylation sites is 5. The maximum atomic E-state index is 6.90. The molecule has 10 aromatic rings. The van der Waals surface area contributed by atoms with Crippen LogP contribution in [0.4, 0.5) is 45.5 Å². The van der Waals surface area contributed by atoms with Gasteiger partial charge in [0.2, 0.25) is 0 Å². The van der Waals surface area contributed by atoms with Gasteiger partial charge in [0.05, 0.1) is 22.3 Å². The van der Waals surface area contributed by atoms with Crippen LogP contribution >= 0.6 is 0 Å². The van der Waals surface area contributed by atoms with Crippen molar-refractivity contribution in [1.29, 1.82) is 0 Å². The van der Waals surface area contributed by atoms with Crippen LogP contribution in [-0.4, -0.2) is 6.71 Å². The van der Waals surface area contributed by atoms with Crippen LogP contribution in [0.25, 0.3) is 0 Å². The molecule has 15 rings (SSSR count). The minimum atomic E-state index is -0.686. The van der Waals surface area contributed by atoms with E-state index >= 15 is 0 Å². The average molecular weight is 1010 g/mol. The van der Waals surface area contributed by atoms with Crippen molar-refractivity contribution in [1.82, 2.24) is 0 Å². The predicted octanol–water partition coefficient (Wildman–Crippen LogP) is 16.5. The van der Waals surface area contributed by atoms with Gasteiger partial charge in [-0.25, -0.2) is 0 Å². The molecule has 0 radical (unpaired) electrons. The van der Waals surface area contributed by atoms with E-state index in [0.717, 1.165) is 39.7 Å². The summed E-state index contributed by atoms with van der Waals surface area (Å²) in [7, 11) is 0. The molecule has 5 aliphatic heterocycles. The van der Waals surface area contributed by atoms with E-state index in [4.69, 9.17) is 4.74 Å². The molecule has 0 saturated carbocycles. The Labute approximate surface area is 460 Å². The number of fused-ring (bicyclic) bond motifs is 12. The van der Waals surface area contributed by atoms with Crippen molar-refractivity contribution < 1.29 is 4.74 Å². The minimum Gasteiger partial charge on any atom is -0.457 e. The molecule has 5 aliphatic rings. The Balaban J connectivity index is 1.10. The highest BCUT2D eigenvalue weighted by Gasteiger charge is 2.63. The standard InChI is InChI=1S/C73H62BN3O/c1-69(2,3)47-37-41-51(42-38-47)75(52-43-39-48(40-44-52)70(4,5)6)53-45-62-66-63(46-53)77-68-57(71(7,49-23-11-9-12-24-49)72(77,8)50-25-13-10-14-26-50)30-21-33-60(68)74(66)59-32-22-31-58-67(59)76(62)61-34-18-15-27-54(61)73(58)55-28-16-19-35-64(55)78-65-36-20-17-29-56(65)73/h9-46H,1-8H3. The molecule has 10 aromatic carbocycles. The number of hydrogen-bond acceptors (Lipinski definition) is 4. The van der Waals surface area contributed by atoms with Crippen molar-refractivity contribution in [2.75, 3.05) is 14.7 Å². The predicted molar refractivity (Wildman–Crippen MR) is 325 cm³/mol. The molecule has 0 aliphatic carbocycles. The highest BCUT2D eigenvalue weighted by molar-refractivity contribution is 7.00. The molecular weight excluding hydrogens is 946 g/mol. The van der Waals surface area contributed by atoms with E-state index < -0.39 is 16.4 Å². The van der Waals surface area contributed by atoms with Crippen LogP contribution in [0.5, 0.6) is 11.5 Å². The first-order valence-electron chi connectivity index (χ1n) is 27.9. The number of anilines is 8. The molecule has 5 heterocycles. The maximum Gasteiger partial charge on any atom is 0.252 e. The van der Waals surface area contributed by atoms with Gasteiger partial charge in [-0.1, -0.05) is 217 Å². The van der Waals surface area contributed by atoms with Crippen LogP contribution < -0.4 is 35.8 Å². The fraction of sp³-hybridized carbons (Fsp3) is 0.178. The summed E-state index contributed by atoms with van der Waals surface area (Å²) in [5.41, 5.74) is 22.9. The second kappa shape index (κ2) is 16.3. The van der Waals surface area contributed by atoms with E-state index in [-0.39, 0.29) is 17.5 Å². The molecule has 5 heteroatoms. The van der Waals surface area contributed by atoms with Gasteiger partial charge in [0, 0.05) is 50.7 Å². The zero-order valence-electron chi connectivity index (χ0n) is 45.8. The highest BCUT2D eigenvalue weighted by Crippen LogP contribution is 2.66. The fourth-order valence-electron chi connectivity index (χ4n) is 14.9. The summed E-state index contributed by atoms with van der Waals surface area (Å²) >= 11 is 0. The molecule has 0 fully saturated rings. The number of benzene rings is 10. The Morgan fingerprint density at radius 1 is 0.410 bits per heavy atom. The number of ether oxygens (including phenoxy) is 1. The second-order valence-corrected chi connectivity index (χ2v) is 24.7. The van der Waals surface area contributed by atoms with Gasteiger partial charge >= 0.3 is 0 Å². The zero-order valence-corrected chi connectivity index (χ0v) is 45.8. The van der Waals surface area contributed by atoms with Crippen molar-refractivity contribution >= 4 is 68.6 Å². The molecule has 0 N–H and O–H groups in total. The highest BCUT2D eigenvalue weighted by atomic mass is 16.5. The Morgan fingerprint density at radius 2 is 0.885 bits per heavy atom. The second-order valence-electron chi connectivity index (χ2n) is 24.7. The molecule has 78 heavy (non-hydrogen) atoms. The molecule has 378 valence electrons. The topological polar surface area (TPSA) is 19.0 Å². The molecule has 2 unspecified atom stereocenters. The van der Waals surface area contributed by atoms with E-state index in [0.29, 0.717) is 0 Å². The van der Waals surface area contributed by atoms with E-state index in [1.54, 1.807) is 0 Å². The van der Waals surface area contributed by atoms with E-state index in [1.165, 1.54) is 83.8 Å². The quantitative estimate of drug-likeness (QED) is 0.160. The third-order valence-corrected chi connectivity index (χ3v) is 18.7. The van der Waals surface area contributed by atoms with Crippen LogP contribution in [0, 0.1) is 0 Å². The summed E-state index contributed by atoms with van der Waals surface area (Å²) in [6, 6.07) is 87.5. The molecule has 0 aromatic heterocycles. The van der Waals surface area contributed by atoms with Gasteiger partial charge < -0.3 is 19.4 Å². The van der Waals surface area contributed by atoms with Crippen LogP contribution in [-0.2, 0) is 27.2 Å². The molecular formula is C73H62BN3O. The normalized spacial score (nSPS) is 18.5. The Morgan fingerprint density at radius 3 is 1.46 bits per heavy atom. The molecule has 0 amide bonds. The molecule has 2 atom stereocenters. The summed E-state index contributed by atoms with van der Waals surface area (Å²) < 4.78 is 6.90. The molecule has 4 nitrogen and oxygen atoms in total. The van der Waals surface area contributed by atoms with Crippen molar-refractivity contribution in [3.63, 3.8) is 0 Å². The first-order valence-corrected chi connectivity index (χ1v) is 27.9. The first kappa shape index (κ1) is 46.7. The first-order chi connectivity index (χ1) is 37.7. The van der Waals surface area contributed by atoms with E-state index in [1.807, 2.05) is 0 Å². The van der Waals surface area contributed by atoms with Gasteiger partial charge in [0.15, 0.2) is 0 Å². The Kier molecular flexibility index (Phi) is 9.74. The van der Waals surface area contributed by atoms with Crippen molar-refractivity contribution in [3.05, 3.63) is 281 Å². The largest absolute Gasteiger partial charge is 0.457 e. The monoisotopic (exact) mass is 1010 g/mol. The van der Waals surface area contributed by atoms with Gasteiger partial charge in [-0.15, -0.1) is 0 Å². The SMILES string of the molecule is CC(C)(C)c1ccc(N(c2ccc(C(C)(C)C)cc2)c2cc3c4c(c2)N2c5c(cccc5C(C)(c5ccccc5)C2(C)c2ccccc2)B4c2cccc4c2N3c2ccccc2C42c3ccccc3Oc3ccccc32)cc1. The third kappa shape index (κ3) is 6.08. The third-order valence-electron chi connectivity index (χ3n) is 18.7. The lowest BCUT2D eigenvalue weighted by molar-refractivity contribution is 0.336. The van der Waals surface area contributed by atoms with Gasteiger partial charge in [-0.2, -0.15) is 0 Å². The van der Waals surface area contributed by atoms with E-state index in [9.17, 15) is 0 Å². The summed E-state index contributed by atoms with van der Waals surface area (Å²) in [6.07, 6.45) is 0. The lowest BCUT2D eigenvalue weighted by Gasteiger charge is -2.54. The number of rotatable bonds is 5. The molecule has 0 saturated heterocycles. The van der Waals surface area contributed by atoms with Gasteiger partial charge in [-0.3, -0.25) is 0 Å². The van der Waals surface area contributed by atoms with Crippen LogP contribution in [0.15, 0.2) is 231 Å². The zero-order chi connectivity index (χ0) is 53.1. The van der Waals surface area contributed by atoms with Crippen LogP contribution in [0.2, 0.25) is 0 Å². The molecule has 1 spiro atoms. The summed E-state index contributed by atoms with van der Waals surface area (Å²) in [6.45, 7) is 18.7. The van der Waals surface area contributed by atoms with Gasteiger partial charge in [-0.05, 0) is 135 Å².